The third-order valence-corrected chi connectivity index (χ3v) is 5.58. The highest BCUT2D eigenvalue weighted by Crippen LogP contribution is 2.25. The van der Waals surface area contributed by atoms with Crippen LogP contribution in [0.25, 0.3) is 0 Å². The molecule has 2 aliphatic rings. The van der Waals surface area contributed by atoms with Crippen molar-refractivity contribution >= 4 is 23.6 Å². The van der Waals surface area contributed by atoms with Gasteiger partial charge in [0.15, 0.2) is 0 Å². The maximum atomic E-state index is 13.0. The van der Waals surface area contributed by atoms with E-state index in [1.54, 1.807) is 0 Å². The quantitative estimate of drug-likeness (QED) is 0.293. The normalized spacial score (nSPS) is 26.0. The van der Waals surface area contributed by atoms with Crippen LogP contribution in [0.5, 0.6) is 0 Å². The number of likely N-dealkylation sites (tertiary alicyclic amines) is 2. The molecule has 2 aliphatic heterocycles. The molecule has 0 bridgehead atoms. The number of nitrogens with two attached hydrogens (primary N) is 2. The van der Waals surface area contributed by atoms with Crippen molar-refractivity contribution in [2.75, 3.05) is 19.6 Å². The van der Waals surface area contributed by atoms with Crippen LogP contribution < -0.4 is 16.8 Å². The van der Waals surface area contributed by atoms with E-state index in [9.17, 15) is 29.4 Å². The Morgan fingerprint density at radius 2 is 1.72 bits per heavy atom. The van der Waals surface area contributed by atoms with E-state index in [-0.39, 0.29) is 12.5 Å². The molecule has 2 heterocycles. The Labute approximate surface area is 169 Å². The Morgan fingerprint density at radius 1 is 1.07 bits per heavy atom. The highest BCUT2D eigenvalue weighted by atomic mass is 16.3. The summed E-state index contributed by atoms with van der Waals surface area (Å²) in [5.74, 6) is -2.51. The number of hydrogen-bond donors (Lipinski definition) is 5. The number of nitrogens with one attached hydrogen (secondary N) is 1. The molecule has 0 spiro atoms. The van der Waals surface area contributed by atoms with Gasteiger partial charge in [0.25, 0.3) is 0 Å². The molecule has 11 heteroatoms. The molecule has 7 N–H and O–H groups in total. The van der Waals surface area contributed by atoms with Crippen LogP contribution in [-0.4, -0.2) is 93.6 Å². The van der Waals surface area contributed by atoms with Crippen molar-refractivity contribution in [2.45, 2.75) is 63.4 Å². The molecule has 11 nitrogen and oxygen atoms in total. The molecule has 164 valence electrons. The molecule has 6 atom stereocenters. The molecule has 29 heavy (non-hydrogen) atoms. The molecule has 4 amide bonds. The van der Waals surface area contributed by atoms with Crippen molar-refractivity contribution in [1.82, 2.24) is 15.1 Å². The SMILES string of the molecule is CC(O)[C@H](N)C(=O)N1CC[C@H](C(=O)N2CCC[C@H]2C(=O)N[C@H](C(N)=O)[C@@H](C)O)C1. The van der Waals surface area contributed by atoms with Gasteiger partial charge in [-0.1, -0.05) is 0 Å². The van der Waals surface area contributed by atoms with E-state index in [4.69, 9.17) is 11.5 Å². The van der Waals surface area contributed by atoms with Crippen molar-refractivity contribution in [3.8, 4) is 0 Å². The Morgan fingerprint density at radius 3 is 2.28 bits per heavy atom. The van der Waals surface area contributed by atoms with Gasteiger partial charge in [0, 0.05) is 19.6 Å². The third kappa shape index (κ3) is 5.22. The zero-order valence-electron chi connectivity index (χ0n) is 16.8. The van der Waals surface area contributed by atoms with Crippen LogP contribution in [0.15, 0.2) is 0 Å². The standard InChI is InChI=1S/C18H31N5O6/c1-9(24)13(19)18(29)22-7-5-11(8-22)17(28)23-6-3-4-12(23)16(27)21-14(10(2)25)15(20)26/h9-14,24-25H,3-8,19H2,1-2H3,(H2,20,26)(H,21,27)/t9?,10-,11+,12+,13+,14+/m1/s1. The Balaban J connectivity index is 2.00. The van der Waals surface area contributed by atoms with Crippen molar-refractivity contribution < 1.29 is 29.4 Å². The van der Waals surface area contributed by atoms with Crippen LogP contribution in [0.4, 0.5) is 0 Å². The first-order valence-electron chi connectivity index (χ1n) is 9.85. The summed E-state index contributed by atoms with van der Waals surface area (Å²) in [5.41, 5.74) is 10.9. The number of aliphatic hydroxyl groups excluding tert-OH is 2. The van der Waals surface area contributed by atoms with E-state index in [1.165, 1.54) is 23.6 Å². The number of hydrogen-bond acceptors (Lipinski definition) is 7. The lowest BCUT2D eigenvalue weighted by Crippen LogP contribution is -2.56. The monoisotopic (exact) mass is 413 g/mol. The summed E-state index contributed by atoms with van der Waals surface area (Å²) in [4.78, 5) is 52.2. The van der Waals surface area contributed by atoms with Crippen LogP contribution >= 0.6 is 0 Å². The van der Waals surface area contributed by atoms with Gasteiger partial charge in [-0.05, 0) is 33.1 Å². The lowest BCUT2D eigenvalue weighted by molar-refractivity contribution is -0.142. The van der Waals surface area contributed by atoms with Crippen LogP contribution in [-0.2, 0) is 19.2 Å². The largest absolute Gasteiger partial charge is 0.391 e. The summed E-state index contributed by atoms with van der Waals surface area (Å²) in [6.07, 6.45) is -0.641. The lowest BCUT2D eigenvalue weighted by Gasteiger charge is -2.28. The van der Waals surface area contributed by atoms with Gasteiger partial charge in [0.1, 0.15) is 18.1 Å². The first kappa shape index (κ1) is 23.0. The second-order valence-corrected chi connectivity index (χ2v) is 7.86. The molecule has 2 rings (SSSR count). The van der Waals surface area contributed by atoms with Gasteiger partial charge < -0.3 is 36.8 Å². The van der Waals surface area contributed by atoms with Crippen LogP contribution in [0.3, 0.4) is 0 Å². The van der Waals surface area contributed by atoms with Crippen molar-refractivity contribution in [3.63, 3.8) is 0 Å². The number of carbonyl (C=O) groups is 4. The molecule has 0 aromatic heterocycles. The number of aliphatic hydroxyl groups is 2. The molecular formula is C18H31N5O6. The highest BCUT2D eigenvalue weighted by molar-refractivity contribution is 5.93. The fourth-order valence-electron chi connectivity index (χ4n) is 3.80. The topological polar surface area (TPSA) is 179 Å². The molecule has 2 saturated heterocycles. The van der Waals surface area contributed by atoms with Crippen molar-refractivity contribution in [2.24, 2.45) is 17.4 Å². The second-order valence-electron chi connectivity index (χ2n) is 7.86. The molecule has 0 saturated carbocycles. The first-order valence-corrected chi connectivity index (χ1v) is 9.85. The highest BCUT2D eigenvalue weighted by Gasteiger charge is 2.41. The van der Waals surface area contributed by atoms with E-state index in [0.717, 1.165) is 0 Å². The van der Waals surface area contributed by atoms with Gasteiger partial charge in [-0.3, -0.25) is 19.2 Å². The fraction of sp³-hybridized carbons (Fsp3) is 0.778. The van der Waals surface area contributed by atoms with Gasteiger partial charge >= 0.3 is 0 Å². The predicted octanol–water partition coefficient (Wildman–Crippen LogP) is -3.12. The zero-order chi connectivity index (χ0) is 21.9. The summed E-state index contributed by atoms with van der Waals surface area (Å²) >= 11 is 0. The summed E-state index contributed by atoms with van der Waals surface area (Å²) in [7, 11) is 0. The van der Waals surface area contributed by atoms with E-state index in [1.807, 2.05) is 0 Å². The minimum Gasteiger partial charge on any atom is -0.391 e. The smallest absolute Gasteiger partial charge is 0.243 e. The first-order chi connectivity index (χ1) is 13.5. The van der Waals surface area contributed by atoms with E-state index in [2.05, 4.69) is 5.32 Å². The Hall–Kier alpha value is -2.24. The zero-order valence-corrected chi connectivity index (χ0v) is 16.8. The predicted molar refractivity (Wildman–Crippen MR) is 102 cm³/mol. The number of carbonyl (C=O) groups excluding carboxylic acids is 4. The molecule has 1 unspecified atom stereocenters. The maximum absolute atomic E-state index is 13.0. The average molecular weight is 413 g/mol. The van der Waals surface area contributed by atoms with Gasteiger partial charge in [-0.15, -0.1) is 0 Å². The minimum atomic E-state index is -1.23. The lowest BCUT2D eigenvalue weighted by atomic mass is 10.1. The van der Waals surface area contributed by atoms with E-state index in [0.29, 0.717) is 32.4 Å². The summed E-state index contributed by atoms with van der Waals surface area (Å²) in [6.45, 7) is 3.70. The number of primary amides is 1. The Bertz CT molecular complexity index is 655. The number of amides is 4. The average Bonchev–Trinajstić information content (AvgIpc) is 3.32. The summed E-state index contributed by atoms with van der Waals surface area (Å²) in [5, 5.41) is 21.5. The van der Waals surface area contributed by atoms with Gasteiger partial charge in [0.2, 0.25) is 23.6 Å². The molecule has 0 aliphatic carbocycles. The fourth-order valence-corrected chi connectivity index (χ4v) is 3.80. The van der Waals surface area contributed by atoms with Crippen LogP contribution in [0.2, 0.25) is 0 Å². The summed E-state index contributed by atoms with van der Waals surface area (Å²) in [6, 6.07) is -3.03. The molecule has 0 radical (unpaired) electrons. The van der Waals surface area contributed by atoms with Gasteiger partial charge in [0.05, 0.1) is 18.1 Å². The van der Waals surface area contributed by atoms with E-state index < -0.39 is 54.0 Å². The maximum Gasteiger partial charge on any atom is 0.243 e. The van der Waals surface area contributed by atoms with Crippen LogP contribution in [0.1, 0.15) is 33.1 Å². The minimum absolute atomic E-state index is 0.181. The number of rotatable bonds is 7. The molecular weight excluding hydrogens is 382 g/mol. The second kappa shape index (κ2) is 9.51. The van der Waals surface area contributed by atoms with Crippen molar-refractivity contribution in [1.29, 1.82) is 0 Å². The third-order valence-electron chi connectivity index (χ3n) is 5.58. The van der Waals surface area contributed by atoms with Gasteiger partial charge in [-0.25, -0.2) is 0 Å². The number of nitrogens with zero attached hydrogens (tertiary/aromatic N) is 2. The molecule has 0 aromatic carbocycles. The summed E-state index contributed by atoms with van der Waals surface area (Å²) < 4.78 is 0. The molecule has 0 aromatic rings. The van der Waals surface area contributed by atoms with Crippen LogP contribution in [0, 0.1) is 5.92 Å². The van der Waals surface area contributed by atoms with Gasteiger partial charge in [-0.2, -0.15) is 0 Å². The Kier molecular flexibility index (Phi) is 7.55. The molecule has 2 fully saturated rings. The van der Waals surface area contributed by atoms with Crippen molar-refractivity contribution in [3.05, 3.63) is 0 Å². The van der Waals surface area contributed by atoms with E-state index >= 15 is 0 Å².